The Hall–Kier alpha value is -2.71. The number of ketones is 1. The molecule has 0 spiro atoms. The molecule has 0 aliphatic rings. The molecule has 1 unspecified atom stereocenters. The van der Waals surface area contributed by atoms with Crippen molar-refractivity contribution < 1.29 is 9.59 Å². The Morgan fingerprint density at radius 3 is 2.59 bits per heavy atom. The first kappa shape index (κ1) is 19.1. The number of hydrogen-bond acceptors (Lipinski definition) is 6. The van der Waals surface area contributed by atoms with Crippen molar-refractivity contribution in [3.63, 3.8) is 0 Å². The summed E-state index contributed by atoms with van der Waals surface area (Å²) < 4.78 is 1.54. The first-order valence-corrected chi connectivity index (χ1v) is 9.32. The molecule has 138 valence electrons. The highest BCUT2D eigenvalue weighted by Gasteiger charge is 2.20. The summed E-state index contributed by atoms with van der Waals surface area (Å²) in [5.74, 6) is -0.221. The van der Waals surface area contributed by atoms with Crippen LogP contribution in [0.15, 0.2) is 53.7 Å². The Bertz CT molecular complexity index is 974. The van der Waals surface area contributed by atoms with E-state index in [0.717, 1.165) is 0 Å². The molecule has 3 rings (SSSR count). The van der Waals surface area contributed by atoms with Crippen molar-refractivity contribution in [1.29, 1.82) is 0 Å². The van der Waals surface area contributed by atoms with E-state index < -0.39 is 5.25 Å². The molecule has 0 radical (unpaired) electrons. The van der Waals surface area contributed by atoms with Gasteiger partial charge in [-0.25, -0.2) is 0 Å². The number of halogens is 1. The summed E-state index contributed by atoms with van der Waals surface area (Å²) in [6.45, 7) is 3.23. The monoisotopic (exact) mass is 401 g/mol. The van der Waals surface area contributed by atoms with Crippen molar-refractivity contribution in [3.8, 4) is 5.69 Å². The number of amides is 1. The van der Waals surface area contributed by atoms with E-state index in [-0.39, 0.29) is 11.7 Å². The Kier molecular flexibility index (Phi) is 5.88. The summed E-state index contributed by atoms with van der Waals surface area (Å²) in [6.07, 6.45) is 0. The topological polar surface area (TPSA) is 89.8 Å². The number of Topliss-reactive ketones (excluding diaryl/α,β-unsaturated/α-hetero) is 1. The molecule has 1 heterocycles. The molecular formula is C18H16ClN5O2S. The lowest BCUT2D eigenvalue weighted by Crippen LogP contribution is -2.15. The quantitative estimate of drug-likeness (QED) is 0.501. The Morgan fingerprint density at radius 1 is 1.19 bits per heavy atom. The third-order valence-electron chi connectivity index (χ3n) is 3.63. The first-order chi connectivity index (χ1) is 12.9. The van der Waals surface area contributed by atoms with Crippen molar-refractivity contribution in [2.45, 2.75) is 24.3 Å². The molecule has 1 atom stereocenters. The molecule has 1 N–H and O–H groups in total. The minimum absolute atomic E-state index is 0.0602. The fraction of sp³-hybridized carbons (Fsp3) is 0.167. The molecule has 2 aromatic carbocycles. The van der Waals surface area contributed by atoms with Crippen LogP contribution in [0, 0.1) is 0 Å². The van der Waals surface area contributed by atoms with Crippen molar-refractivity contribution in [2.24, 2.45) is 0 Å². The number of aromatic nitrogens is 4. The van der Waals surface area contributed by atoms with E-state index in [1.165, 1.54) is 18.7 Å². The predicted octanol–water partition coefficient (Wildman–Crippen LogP) is 3.64. The standard InChI is InChI=1S/C18H16ClN5O2S/c1-11(17(26)13-6-8-15(9-7-13)20-12(2)25)27-18-21-22-23-24(18)16-5-3-4-14(19)10-16/h3-11H,1-2H3,(H,20,25). The fourth-order valence-electron chi connectivity index (χ4n) is 2.39. The maximum atomic E-state index is 12.7. The third-order valence-corrected chi connectivity index (χ3v) is 4.90. The first-order valence-electron chi connectivity index (χ1n) is 8.07. The fourth-order valence-corrected chi connectivity index (χ4v) is 3.46. The maximum absolute atomic E-state index is 12.7. The van der Waals surface area contributed by atoms with Crippen LogP contribution in [-0.2, 0) is 4.79 Å². The lowest BCUT2D eigenvalue weighted by Gasteiger charge is -2.11. The van der Waals surface area contributed by atoms with Gasteiger partial charge in [0.2, 0.25) is 11.1 Å². The summed E-state index contributed by atoms with van der Waals surface area (Å²) >= 11 is 7.29. The van der Waals surface area contributed by atoms with Gasteiger partial charge in [-0.3, -0.25) is 9.59 Å². The number of carbonyl (C=O) groups is 2. The van der Waals surface area contributed by atoms with Gasteiger partial charge in [-0.15, -0.1) is 5.10 Å². The van der Waals surface area contributed by atoms with Crippen molar-refractivity contribution in [1.82, 2.24) is 20.2 Å². The van der Waals surface area contributed by atoms with Gasteiger partial charge in [-0.05, 0) is 59.8 Å². The molecule has 7 nitrogen and oxygen atoms in total. The van der Waals surface area contributed by atoms with Crippen LogP contribution in [0.2, 0.25) is 5.02 Å². The SMILES string of the molecule is CC(=O)Nc1ccc(C(=O)C(C)Sc2nnnn2-c2cccc(Cl)c2)cc1. The van der Waals surface area contributed by atoms with Crippen LogP contribution in [0.3, 0.4) is 0 Å². The number of anilines is 1. The van der Waals surface area contributed by atoms with E-state index in [0.29, 0.717) is 27.1 Å². The molecule has 0 aliphatic carbocycles. The van der Waals surface area contributed by atoms with Gasteiger partial charge in [0.1, 0.15) is 0 Å². The van der Waals surface area contributed by atoms with Crippen molar-refractivity contribution >= 4 is 40.7 Å². The van der Waals surface area contributed by atoms with E-state index in [1.54, 1.807) is 54.1 Å². The molecule has 0 saturated carbocycles. The minimum Gasteiger partial charge on any atom is -0.326 e. The van der Waals surface area contributed by atoms with E-state index in [4.69, 9.17) is 11.6 Å². The summed E-state index contributed by atoms with van der Waals surface area (Å²) in [4.78, 5) is 23.8. The molecule has 0 aliphatic heterocycles. The lowest BCUT2D eigenvalue weighted by atomic mass is 10.1. The van der Waals surface area contributed by atoms with Gasteiger partial charge < -0.3 is 5.32 Å². The van der Waals surface area contributed by atoms with Gasteiger partial charge in [0.25, 0.3) is 0 Å². The van der Waals surface area contributed by atoms with E-state index >= 15 is 0 Å². The number of nitrogens with one attached hydrogen (secondary N) is 1. The number of hydrogen-bond donors (Lipinski definition) is 1. The Morgan fingerprint density at radius 2 is 1.93 bits per heavy atom. The number of rotatable bonds is 6. The molecule has 0 fully saturated rings. The Balaban J connectivity index is 1.74. The smallest absolute Gasteiger partial charge is 0.221 e. The van der Waals surface area contributed by atoms with Gasteiger partial charge in [0.05, 0.1) is 10.9 Å². The van der Waals surface area contributed by atoms with Gasteiger partial charge in [-0.1, -0.05) is 29.4 Å². The highest BCUT2D eigenvalue weighted by atomic mass is 35.5. The number of nitrogens with zero attached hydrogens (tertiary/aromatic N) is 4. The van der Waals surface area contributed by atoms with E-state index in [9.17, 15) is 9.59 Å². The largest absolute Gasteiger partial charge is 0.326 e. The molecule has 27 heavy (non-hydrogen) atoms. The molecule has 1 aromatic heterocycles. The van der Waals surface area contributed by atoms with Crippen LogP contribution < -0.4 is 5.32 Å². The van der Waals surface area contributed by atoms with Crippen LogP contribution in [-0.4, -0.2) is 37.1 Å². The van der Waals surface area contributed by atoms with Crippen LogP contribution in [0.4, 0.5) is 5.69 Å². The van der Waals surface area contributed by atoms with Gasteiger partial charge in [-0.2, -0.15) is 4.68 Å². The summed E-state index contributed by atoms with van der Waals surface area (Å²) in [5.41, 5.74) is 1.91. The highest BCUT2D eigenvalue weighted by Crippen LogP contribution is 2.26. The van der Waals surface area contributed by atoms with Crippen LogP contribution in [0.25, 0.3) is 5.69 Å². The average molecular weight is 402 g/mol. The molecule has 3 aromatic rings. The number of tetrazole rings is 1. The van der Waals surface area contributed by atoms with E-state index in [2.05, 4.69) is 20.8 Å². The predicted molar refractivity (Wildman–Crippen MR) is 105 cm³/mol. The molecule has 0 saturated heterocycles. The van der Waals surface area contributed by atoms with Gasteiger partial charge in [0, 0.05) is 23.2 Å². The Labute approximate surface area is 165 Å². The zero-order valence-corrected chi connectivity index (χ0v) is 16.2. The van der Waals surface area contributed by atoms with Crippen molar-refractivity contribution in [2.75, 3.05) is 5.32 Å². The number of benzene rings is 2. The summed E-state index contributed by atoms with van der Waals surface area (Å²) in [6, 6.07) is 13.9. The average Bonchev–Trinajstić information content (AvgIpc) is 3.09. The lowest BCUT2D eigenvalue weighted by molar-refractivity contribution is -0.114. The third kappa shape index (κ3) is 4.72. The second-order valence-corrected chi connectivity index (χ2v) is 7.48. The van der Waals surface area contributed by atoms with Crippen LogP contribution in [0.5, 0.6) is 0 Å². The zero-order valence-electron chi connectivity index (χ0n) is 14.6. The molecule has 1 amide bonds. The maximum Gasteiger partial charge on any atom is 0.221 e. The van der Waals surface area contributed by atoms with E-state index in [1.807, 2.05) is 6.07 Å². The molecule has 0 bridgehead atoms. The molecular weight excluding hydrogens is 386 g/mol. The van der Waals surface area contributed by atoms with Crippen LogP contribution in [0.1, 0.15) is 24.2 Å². The van der Waals surface area contributed by atoms with Gasteiger partial charge in [0.15, 0.2) is 5.78 Å². The summed E-state index contributed by atoms with van der Waals surface area (Å²) in [7, 11) is 0. The number of thioether (sulfide) groups is 1. The zero-order chi connectivity index (χ0) is 19.4. The molecule has 9 heteroatoms. The summed E-state index contributed by atoms with van der Waals surface area (Å²) in [5, 5.41) is 15.0. The second-order valence-electron chi connectivity index (χ2n) is 5.74. The minimum atomic E-state index is -0.402. The normalized spacial score (nSPS) is 11.8. The van der Waals surface area contributed by atoms with Crippen LogP contribution >= 0.6 is 23.4 Å². The van der Waals surface area contributed by atoms with Gasteiger partial charge >= 0.3 is 0 Å². The number of carbonyl (C=O) groups excluding carboxylic acids is 2. The van der Waals surface area contributed by atoms with Crippen molar-refractivity contribution in [3.05, 3.63) is 59.1 Å². The highest BCUT2D eigenvalue weighted by molar-refractivity contribution is 8.00. The second kappa shape index (κ2) is 8.32.